The first-order chi connectivity index (χ1) is 11.1. The smallest absolute Gasteiger partial charge is 0.374 e. The number of fused-ring (bicyclic) bond motifs is 1. The Morgan fingerprint density at radius 2 is 1.96 bits per heavy atom. The van der Waals surface area contributed by atoms with Crippen LogP contribution in [0.2, 0.25) is 0 Å². The van der Waals surface area contributed by atoms with Crippen LogP contribution in [-0.2, 0) is 16.0 Å². The molecule has 0 spiro atoms. The van der Waals surface area contributed by atoms with Gasteiger partial charge < -0.3 is 13.9 Å². The zero-order valence-corrected chi connectivity index (χ0v) is 13.9. The highest BCUT2D eigenvalue weighted by Crippen LogP contribution is 2.28. The Kier molecular flexibility index (Phi) is 4.68. The van der Waals surface area contributed by atoms with Crippen molar-refractivity contribution in [2.75, 3.05) is 19.7 Å². The van der Waals surface area contributed by atoms with Gasteiger partial charge in [-0.25, -0.2) is 4.79 Å². The number of carbonyl (C=O) groups excluding carboxylic acids is 1. The van der Waals surface area contributed by atoms with E-state index < -0.39 is 5.97 Å². The number of morpholine rings is 1. The zero-order valence-electron chi connectivity index (χ0n) is 13.9. The van der Waals surface area contributed by atoms with Gasteiger partial charge in [-0.05, 0) is 26.8 Å². The summed E-state index contributed by atoms with van der Waals surface area (Å²) >= 11 is 0. The van der Waals surface area contributed by atoms with Crippen LogP contribution < -0.4 is 0 Å². The third-order valence-electron chi connectivity index (χ3n) is 4.04. The number of furan rings is 1. The van der Waals surface area contributed by atoms with Crippen LogP contribution in [0.4, 0.5) is 0 Å². The Hall–Kier alpha value is -1.85. The van der Waals surface area contributed by atoms with E-state index in [0.717, 1.165) is 29.6 Å². The molecule has 124 valence electrons. The largest absolute Gasteiger partial charge is 0.460 e. The Balaban J connectivity index is 1.94. The topological polar surface area (TPSA) is 51.9 Å². The summed E-state index contributed by atoms with van der Waals surface area (Å²) in [7, 11) is 0. The Morgan fingerprint density at radius 3 is 2.65 bits per heavy atom. The highest BCUT2D eigenvalue weighted by atomic mass is 16.5. The highest BCUT2D eigenvalue weighted by Gasteiger charge is 2.27. The van der Waals surface area contributed by atoms with Crippen molar-refractivity contribution in [1.82, 2.24) is 4.90 Å². The molecule has 1 saturated heterocycles. The maximum Gasteiger partial charge on any atom is 0.374 e. The number of para-hydroxylation sites is 1. The average molecular weight is 317 g/mol. The number of carbonyl (C=O) groups is 1. The molecule has 2 aromatic rings. The Morgan fingerprint density at radius 1 is 1.26 bits per heavy atom. The minimum Gasteiger partial charge on any atom is -0.460 e. The molecule has 0 bridgehead atoms. The maximum atomic E-state index is 12.2. The first kappa shape index (κ1) is 16.0. The molecule has 0 radical (unpaired) electrons. The molecule has 0 aliphatic carbocycles. The molecule has 0 N–H and O–H groups in total. The molecule has 0 amide bonds. The summed E-state index contributed by atoms with van der Waals surface area (Å²) < 4.78 is 16.7. The lowest BCUT2D eigenvalue weighted by Gasteiger charge is -2.35. The summed E-state index contributed by atoms with van der Waals surface area (Å²) in [4.78, 5) is 14.6. The number of benzene rings is 1. The van der Waals surface area contributed by atoms with Crippen LogP contribution >= 0.6 is 0 Å². The molecule has 1 aliphatic heterocycles. The lowest BCUT2D eigenvalue weighted by Crippen LogP contribution is -2.44. The van der Waals surface area contributed by atoms with E-state index in [1.807, 2.05) is 24.3 Å². The molecule has 1 aromatic heterocycles. The number of ether oxygens (including phenoxy) is 2. The summed E-state index contributed by atoms with van der Waals surface area (Å²) in [5, 5.41) is 0.974. The molecule has 0 saturated carbocycles. The summed E-state index contributed by atoms with van der Waals surface area (Å²) in [5.41, 5.74) is 1.63. The summed E-state index contributed by atoms with van der Waals surface area (Å²) in [5.74, 6) is -0.0760. The van der Waals surface area contributed by atoms with Crippen LogP contribution in [0.1, 0.15) is 36.9 Å². The molecule has 3 rings (SSSR count). The summed E-state index contributed by atoms with van der Waals surface area (Å²) in [6.45, 7) is 8.61. The van der Waals surface area contributed by atoms with Gasteiger partial charge in [0.2, 0.25) is 5.76 Å². The lowest BCUT2D eigenvalue weighted by molar-refractivity contribution is -0.0705. The SMILES string of the molecule is CCOC(=O)c1oc2ccccc2c1CN1C[C@@H](C)O[C@H](C)C1. The average Bonchev–Trinajstić information content (AvgIpc) is 2.85. The van der Waals surface area contributed by atoms with Gasteiger partial charge in [0.1, 0.15) is 5.58 Å². The summed E-state index contributed by atoms with van der Waals surface area (Å²) in [6.07, 6.45) is 0.367. The number of hydrogen-bond donors (Lipinski definition) is 0. The highest BCUT2D eigenvalue weighted by molar-refractivity contribution is 5.96. The van der Waals surface area contributed by atoms with Crippen LogP contribution in [0.25, 0.3) is 11.0 Å². The van der Waals surface area contributed by atoms with E-state index in [4.69, 9.17) is 13.9 Å². The van der Waals surface area contributed by atoms with Crippen molar-refractivity contribution in [3.8, 4) is 0 Å². The Bertz CT molecular complexity index is 683. The van der Waals surface area contributed by atoms with E-state index in [-0.39, 0.29) is 12.2 Å². The van der Waals surface area contributed by atoms with Crippen molar-refractivity contribution in [1.29, 1.82) is 0 Å². The number of rotatable bonds is 4. The van der Waals surface area contributed by atoms with E-state index in [9.17, 15) is 4.79 Å². The molecule has 0 unspecified atom stereocenters. The minimum atomic E-state index is -0.395. The fourth-order valence-electron chi connectivity index (χ4n) is 3.25. The zero-order chi connectivity index (χ0) is 16.4. The maximum absolute atomic E-state index is 12.2. The van der Waals surface area contributed by atoms with E-state index >= 15 is 0 Å². The fraction of sp³-hybridized carbons (Fsp3) is 0.500. The van der Waals surface area contributed by atoms with Crippen LogP contribution in [0, 0.1) is 0 Å². The van der Waals surface area contributed by atoms with Crippen molar-refractivity contribution < 1.29 is 18.7 Å². The molecule has 2 heterocycles. The predicted molar refractivity (Wildman–Crippen MR) is 87.5 cm³/mol. The molecule has 1 aliphatic rings. The molecule has 1 aromatic carbocycles. The van der Waals surface area contributed by atoms with Crippen molar-refractivity contribution >= 4 is 16.9 Å². The van der Waals surface area contributed by atoms with Gasteiger partial charge >= 0.3 is 5.97 Å². The van der Waals surface area contributed by atoms with Crippen LogP contribution in [0.15, 0.2) is 28.7 Å². The second-order valence-corrected chi connectivity index (χ2v) is 6.08. The first-order valence-corrected chi connectivity index (χ1v) is 8.13. The lowest BCUT2D eigenvalue weighted by atomic mass is 10.1. The molecular weight excluding hydrogens is 294 g/mol. The van der Waals surface area contributed by atoms with Crippen LogP contribution in [0.3, 0.4) is 0 Å². The van der Waals surface area contributed by atoms with Crippen molar-refractivity contribution in [2.24, 2.45) is 0 Å². The predicted octanol–water partition coefficient (Wildman–Crippen LogP) is 3.22. The van der Waals surface area contributed by atoms with E-state index in [2.05, 4.69) is 18.7 Å². The first-order valence-electron chi connectivity index (χ1n) is 8.13. The number of esters is 1. The number of nitrogens with zero attached hydrogens (tertiary/aromatic N) is 1. The van der Waals surface area contributed by atoms with Crippen molar-refractivity contribution in [2.45, 2.75) is 39.5 Å². The second-order valence-electron chi connectivity index (χ2n) is 6.08. The van der Waals surface area contributed by atoms with Gasteiger partial charge in [0, 0.05) is 30.6 Å². The second kappa shape index (κ2) is 6.72. The van der Waals surface area contributed by atoms with Gasteiger partial charge in [-0.15, -0.1) is 0 Å². The number of hydrogen-bond acceptors (Lipinski definition) is 5. The van der Waals surface area contributed by atoms with E-state index in [1.54, 1.807) is 6.92 Å². The van der Waals surface area contributed by atoms with Crippen molar-refractivity contribution in [3.05, 3.63) is 35.6 Å². The van der Waals surface area contributed by atoms with Crippen molar-refractivity contribution in [3.63, 3.8) is 0 Å². The summed E-state index contributed by atoms with van der Waals surface area (Å²) in [6, 6.07) is 7.74. The van der Waals surface area contributed by atoms with Gasteiger partial charge in [-0.1, -0.05) is 18.2 Å². The molecule has 5 nitrogen and oxygen atoms in total. The molecule has 23 heavy (non-hydrogen) atoms. The molecule has 1 fully saturated rings. The van der Waals surface area contributed by atoms with Gasteiger partial charge in [0.05, 0.1) is 18.8 Å². The third kappa shape index (κ3) is 3.41. The van der Waals surface area contributed by atoms with Gasteiger partial charge in [-0.2, -0.15) is 0 Å². The molecule has 2 atom stereocenters. The molecule has 5 heteroatoms. The van der Waals surface area contributed by atoms with Crippen LogP contribution in [0.5, 0.6) is 0 Å². The third-order valence-corrected chi connectivity index (χ3v) is 4.04. The Labute approximate surface area is 136 Å². The van der Waals surface area contributed by atoms with Crippen LogP contribution in [-0.4, -0.2) is 42.8 Å². The van der Waals surface area contributed by atoms with E-state index in [0.29, 0.717) is 18.9 Å². The van der Waals surface area contributed by atoms with E-state index in [1.165, 1.54) is 0 Å². The van der Waals surface area contributed by atoms with Gasteiger partial charge in [-0.3, -0.25) is 4.90 Å². The molecular formula is C18H23NO4. The van der Waals surface area contributed by atoms with Gasteiger partial charge in [0.15, 0.2) is 0 Å². The normalized spacial score (nSPS) is 22.4. The fourth-order valence-corrected chi connectivity index (χ4v) is 3.25. The van der Waals surface area contributed by atoms with Gasteiger partial charge in [0.25, 0.3) is 0 Å². The minimum absolute atomic E-state index is 0.183. The monoisotopic (exact) mass is 317 g/mol. The standard InChI is InChI=1S/C18H23NO4/c1-4-21-18(20)17-15(14-7-5-6-8-16(14)23-17)11-19-9-12(2)22-13(3)10-19/h5-8,12-13H,4,9-11H2,1-3H3/t12-,13-/m1/s1. The quantitative estimate of drug-likeness (QED) is 0.810.